The van der Waals surface area contributed by atoms with Gasteiger partial charge in [-0.25, -0.2) is 4.98 Å². The molecule has 2 aliphatic carbocycles. The minimum absolute atomic E-state index is 0.104. The van der Waals surface area contributed by atoms with Crippen molar-refractivity contribution in [2.75, 3.05) is 37.8 Å². The molecule has 4 amide bonds. The topological polar surface area (TPSA) is 145 Å². The number of nitrogens with one attached hydrogen (secondary N) is 1. The van der Waals surface area contributed by atoms with Crippen LogP contribution in [-0.2, 0) is 26.1 Å². The average molecular weight is 783 g/mol. The Labute approximate surface area is 335 Å². The summed E-state index contributed by atoms with van der Waals surface area (Å²) < 4.78 is 20.5. The summed E-state index contributed by atoms with van der Waals surface area (Å²) in [5.41, 5.74) is 6.05. The van der Waals surface area contributed by atoms with Crippen LogP contribution in [0, 0.1) is 17.8 Å². The van der Waals surface area contributed by atoms with Crippen LogP contribution in [0.4, 0.5) is 5.69 Å². The predicted octanol–water partition coefficient (Wildman–Crippen LogP) is 5.69. The van der Waals surface area contributed by atoms with Gasteiger partial charge in [-0.3, -0.25) is 34.4 Å². The molecule has 2 saturated carbocycles. The summed E-state index contributed by atoms with van der Waals surface area (Å²) in [7, 11) is 2.09. The van der Waals surface area contributed by atoms with E-state index in [1.165, 1.54) is 22.8 Å². The number of aryl methyl sites for hydroxylation is 1. The molecular formula is C45H46N6O7. The molecule has 2 aromatic carbocycles. The van der Waals surface area contributed by atoms with Crippen LogP contribution in [0.3, 0.4) is 0 Å². The van der Waals surface area contributed by atoms with Crippen LogP contribution < -0.4 is 15.0 Å². The minimum Gasteiger partial charge on any atom is -0.474 e. The fraction of sp³-hybridized carbons (Fsp3) is 0.422. The highest BCUT2D eigenvalue weighted by Crippen LogP contribution is 2.48. The third kappa shape index (κ3) is 6.79. The molecule has 10 rings (SSSR count). The number of unbranched alkanes of at least 4 members (excludes halogenated alkanes) is 1. The highest BCUT2D eigenvalue weighted by molar-refractivity contribution is 6.23. The fourth-order valence-corrected chi connectivity index (χ4v) is 9.26. The zero-order chi connectivity index (χ0) is 39.5. The number of nitrogens with zero attached hydrogens (tertiary/aromatic N) is 5. The maximum Gasteiger partial charge on any atom is 0.262 e. The number of ether oxygens (including phenoxy) is 3. The van der Waals surface area contributed by atoms with Gasteiger partial charge in [-0.05, 0) is 85.4 Å². The summed E-state index contributed by atoms with van der Waals surface area (Å²) in [6.07, 6.45) is 11.1. The molecule has 3 aromatic heterocycles. The molecule has 58 heavy (non-hydrogen) atoms. The van der Waals surface area contributed by atoms with Gasteiger partial charge in [0.05, 0.1) is 22.7 Å². The second-order valence-electron chi connectivity index (χ2n) is 16.6. The van der Waals surface area contributed by atoms with Gasteiger partial charge in [-0.2, -0.15) is 0 Å². The van der Waals surface area contributed by atoms with Crippen molar-refractivity contribution in [3.63, 3.8) is 0 Å². The molecular weight excluding hydrogens is 737 g/mol. The van der Waals surface area contributed by atoms with Gasteiger partial charge in [-0.1, -0.05) is 12.1 Å². The van der Waals surface area contributed by atoms with Crippen LogP contribution >= 0.6 is 0 Å². The van der Waals surface area contributed by atoms with Crippen LogP contribution in [0.1, 0.15) is 65.7 Å². The monoisotopic (exact) mass is 782 g/mol. The smallest absolute Gasteiger partial charge is 0.262 e. The van der Waals surface area contributed by atoms with Crippen molar-refractivity contribution in [1.29, 1.82) is 0 Å². The molecule has 13 nitrogen and oxygen atoms in total. The maximum atomic E-state index is 13.2. The lowest BCUT2D eigenvalue weighted by Crippen LogP contribution is -2.54. The molecule has 6 heterocycles. The Kier molecular flexibility index (Phi) is 9.44. The Bertz CT molecular complexity index is 2440. The Balaban J connectivity index is 0.591. The van der Waals surface area contributed by atoms with Crippen LogP contribution in [0.2, 0.25) is 0 Å². The van der Waals surface area contributed by atoms with E-state index in [-0.39, 0.29) is 31.0 Å². The number of carbonyl (C=O) groups is 4. The van der Waals surface area contributed by atoms with E-state index >= 15 is 0 Å². The number of amides is 4. The van der Waals surface area contributed by atoms with Gasteiger partial charge in [0.15, 0.2) is 0 Å². The number of carbonyl (C=O) groups excluding carboxylic acids is 4. The standard InChI is InChI=1S/C45H46N6O7/c1-49-38-12-13-46-22-37(38)33-7-4-26(17-40(33)49)27-5-11-42(47-21-27)58-32-19-31(20-32)57-15-3-2-14-56-25-28-16-35(28)29-23-50(24-29)30-6-8-34-36(18-30)45(55)51(44(34)54)39-9-10-41(52)48-43(39)53/h4-8,11-13,17-18,21-22,28-29,31-32,35,39H,2-3,9-10,14-16,19-20,23-25H2,1H3,(H,48,52,53)/t28-,31?,32?,35+,39?/m0/s1. The van der Waals surface area contributed by atoms with E-state index in [1.54, 1.807) is 12.1 Å². The minimum atomic E-state index is -0.954. The number of piperidine rings is 1. The highest BCUT2D eigenvalue weighted by Gasteiger charge is 2.48. The van der Waals surface area contributed by atoms with E-state index in [2.05, 4.69) is 56.1 Å². The number of fused-ring (bicyclic) bond motifs is 4. The van der Waals surface area contributed by atoms with E-state index in [4.69, 9.17) is 14.2 Å². The summed E-state index contributed by atoms with van der Waals surface area (Å²) in [6.45, 7) is 4.09. The van der Waals surface area contributed by atoms with Crippen LogP contribution in [-0.4, -0.2) is 94.2 Å². The summed E-state index contributed by atoms with van der Waals surface area (Å²) in [5.74, 6) is 0.565. The van der Waals surface area contributed by atoms with Crippen LogP contribution in [0.15, 0.2) is 73.2 Å². The van der Waals surface area contributed by atoms with Crippen LogP contribution in [0.5, 0.6) is 5.88 Å². The van der Waals surface area contributed by atoms with E-state index in [0.29, 0.717) is 34.8 Å². The molecule has 5 aromatic rings. The molecule has 0 radical (unpaired) electrons. The second-order valence-corrected chi connectivity index (χ2v) is 16.6. The highest BCUT2D eigenvalue weighted by atomic mass is 16.5. The normalized spacial score (nSPS) is 24.3. The van der Waals surface area contributed by atoms with Crippen molar-refractivity contribution in [2.24, 2.45) is 24.8 Å². The van der Waals surface area contributed by atoms with E-state index in [9.17, 15) is 19.2 Å². The van der Waals surface area contributed by atoms with Crippen molar-refractivity contribution in [3.8, 4) is 17.0 Å². The fourth-order valence-electron chi connectivity index (χ4n) is 9.26. The molecule has 1 unspecified atom stereocenters. The first-order chi connectivity index (χ1) is 28.3. The zero-order valence-corrected chi connectivity index (χ0v) is 32.5. The predicted molar refractivity (Wildman–Crippen MR) is 215 cm³/mol. The molecule has 4 fully saturated rings. The summed E-state index contributed by atoms with van der Waals surface area (Å²) >= 11 is 0. The number of rotatable bonds is 14. The maximum absolute atomic E-state index is 13.2. The van der Waals surface area contributed by atoms with Crippen molar-refractivity contribution in [3.05, 3.63) is 84.3 Å². The van der Waals surface area contributed by atoms with Gasteiger partial charge < -0.3 is 23.7 Å². The second kappa shape index (κ2) is 14.9. The van der Waals surface area contributed by atoms with Crippen molar-refractivity contribution in [1.82, 2.24) is 24.8 Å². The largest absolute Gasteiger partial charge is 0.474 e. The van der Waals surface area contributed by atoms with Gasteiger partial charge >= 0.3 is 0 Å². The van der Waals surface area contributed by atoms with Gasteiger partial charge in [0.1, 0.15) is 12.1 Å². The molecule has 3 aliphatic heterocycles. The van der Waals surface area contributed by atoms with Gasteiger partial charge in [0.25, 0.3) is 11.8 Å². The summed E-state index contributed by atoms with van der Waals surface area (Å²) in [5, 5.41) is 4.60. The molecule has 3 atom stereocenters. The number of anilines is 1. The number of imide groups is 2. The van der Waals surface area contributed by atoms with Gasteiger partial charge in [0, 0.05) is 111 Å². The third-order valence-corrected chi connectivity index (χ3v) is 12.9. The molecule has 1 N–H and O–H groups in total. The van der Waals surface area contributed by atoms with Gasteiger partial charge in [0.2, 0.25) is 17.7 Å². The van der Waals surface area contributed by atoms with E-state index in [1.807, 2.05) is 36.8 Å². The van der Waals surface area contributed by atoms with E-state index in [0.717, 1.165) is 85.7 Å². The lowest BCUT2D eigenvalue weighted by atomic mass is 9.92. The quantitative estimate of drug-likeness (QED) is 0.110. The summed E-state index contributed by atoms with van der Waals surface area (Å²) in [6, 6.07) is 17.0. The molecule has 0 bridgehead atoms. The number of aromatic nitrogens is 3. The molecule has 298 valence electrons. The Hall–Kier alpha value is -5.66. The average Bonchev–Trinajstić information content (AvgIpc) is 3.84. The number of hydrogen-bond acceptors (Lipinski definition) is 10. The number of benzene rings is 2. The SMILES string of the molecule is Cn1c2ccncc2c2ccc(-c3ccc(OC4CC(OCCCCOC[C@@H]5C[C@H]5C5CN(c6ccc7c(c6)C(=O)N(C6CCC(=O)NC6=O)C7=O)C5)C4)nc3)cc21. The van der Waals surface area contributed by atoms with Crippen molar-refractivity contribution in [2.45, 2.75) is 63.2 Å². The van der Waals surface area contributed by atoms with Gasteiger partial charge in [-0.15, -0.1) is 0 Å². The van der Waals surface area contributed by atoms with E-state index < -0.39 is 23.8 Å². The van der Waals surface area contributed by atoms with Crippen molar-refractivity contribution < 1.29 is 33.4 Å². The first-order valence-electron chi connectivity index (χ1n) is 20.5. The Morgan fingerprint density at radius 3 is 2.47 bits per heavy atom. The molecule has 2 saturated heterocycles. The Morgan fingerprint density at radius 1 is 0.810 bits per heavy atom. The first kappa shape index (κ1) is 36.7. The first-order valence-corrected chi connectivity index (χ1v) is 20.5. The molecule has 5 aliphatic rings. The molecule has 0 spiro atoms. The van der Waals surface area contributed by atoms with Crippen molar-refractivity contribution >= 4 is 51.1 Å². The number of hydrogen-bond donors (Lipinski definition) is 1. The Morgan fingerprint density at radius 2 is 1.64 bits per heavy atom. The third-order valence-electron chi connectivity index (χ3n) is 12.9. The lowest BCUT2D eigenvalue weighted by Gasteiger charge is -2.42. The summed E-state index contributed by atoms with van der Waals surface area (Å²) in [4.78, 5) is 62.4. The zero-order valence-electron chi connectivity index (χ0n) is 32.5. The lowest BCUT2D eigenvalue weighted by molar-refractivity contribution is -0.136. The van der Waals surface area contributed by atoms with Crippen LogP contribution in [0.25, 0.3) is 32.9 Å². The molecule has 13 heteroatoms. The number of pyridine rings is 2.